The van der Waals surface area contributed by atoms with Crippen molar-refractivity contribution in [2.45, 2.75) is 39.0 Å². The molecule has 0 heterocycles. The second kappa shape index (κ2) is 7.28. The molecule has 0 radical (unpaired) electrons. The minimum absolute atomic E-state index is 0.0518. The van der Waals surface area contributed by atoms with E-state index in [1.165, 1.54) is 12.1 Å². The number of hydrogen-bond donors (Lipinski definition) is 1. The Morgan fingerprint density at radius 1 is 1.35 bits per heavy atom. The van der Waals surface area contributed by atoms with Gasteiger partial charge in [0.15, 0.2) is 0 Å². The van der Waals surface area contributed by atoms with Crippen molar-refractivity contribution in [2.24, 2.45) is 0 Å². The highest BCUT2D eigenvalue weighted by atomic mass is 19.4. The molecule has 1 aromatic rings. The highest BCUT2D eigenvalue weighted by Crippen LogP contribution is 2.31. The number of hydrogen-bond acceptors (Lipinski definition) is 3. The van der Waals surface area contributed by atoms with Gasteiger partial charge in [-0.2, -0.15) is 13.2 Å². The number of halogens is 3. The lowest BCUT2D eigenvalue weighted by atomic mass is 10.1. The van der Waals surface area contributed by atoms with Crippen LogP contribution in [-0.4, -0.2) is 18.6 Å². The van der Waals surface area contributed by atoms with Gasteiger partial charge in [0.1, 0.15) is 0 Å². The summed E-state index contributed by atoms with van der Waals surface area (Å²) in [7, 11) is 0. The molecule has 0 saturated carbocycles. The smallest absolute Gasteiger partial charge is 0.416 e. The van der Waals surface area contributed by atoms with Crippen molar-refractivity contribution in [2.75, 3.05) is 6.61 Å². The summed E-state index contributed by atoms with van der Waals surface area (Å²) in [4.78, 5) is 11.2. The highest BCUT2D eigenvalue weighted by Gasteiger charge is 2.32. The van der Waals surface area contributed by atoms with E-state index in [0.29, 0.717) is 6.61 Å². The number of alkyl halides is 3. The number of nitrogens with one attached hydrogen (secondary N) is 1. The SMILES string of the molecule is CCOC(=O)CC(C)NCc1ccccc1C(F)(F)F. The standard InChI is InChI=1S/C14H18F3NO2/c1-3-20-13(19)8-10(2)18-9-11-6-4-5-7-12(11)14(15,16)17/h4-7,10,18H,3,8-9H2,1-2H3. The van der Waals surface area contributed by atoms with Crippen LogP contribution in [0.3, 0.4) is 0 Å². The molecule has 1 N–H and O–H groups in total. The molecule has 1 rings (SSSR count). The molecule has 0 aliphatic carbocycles. The summed E-state index contributed by atoms with van der Waals surface area (Å²) in [6, 6.07) is 5.13. The van der Waals surface area contributed by atoms with Crippen LogP contribution in [0, 0.1) is 0 Å². The van der Waals surface area contributed by atoms with E-state index >= 15 is 0 Å². The number of esters is 1. The van der Waals surface area contributed by atoms with Crippen LogP contribution in [0.15, 0.2) is 24.3 Å². The lowest BCUT2D eigenvalue weighted by Gasteiger charge is -2.16. The summed E-state index contributed by atoms with van der Waals surface area (Å²) < 4.78 is 43.1. The van der Waals surface area contributed by atoms with Gasteiger partial charge in [-0.15, -0.1) is 0 Å². The minimum Gasteiger partial charge on any atom is -0.466 e. The fourth-order valence-electron chi connectivity index (χ4n) is 1.78. The molecule has 6 heteroatoms. The summed E-state index contributed by atoms with van der Waals surface area (Å²) >= 11 is 0. The van der Waals surface area contributed by atoms with E-state index in [2.05, 4.69) is 5.32 Å². The molecule has 0 aliphatic heterocycles. The molecule has 20 heavy (non-hydrogen) atoms. The van der Waals surface area contributed by atoms with Gasteiger partial charge in [-0.05, 0) is 25.5 Å². The van der Waals surface area contributed by atoms with Gasteiger partial charge in [0.2, 0.25) is 0 Å². The van der Waals surface area contributed by atoms with Crippen molar-refractivity contribution in [3.63, 3.8) is 0 Å². The summed E-state index contributed by atoms with van der Waals surface area (Å²) in [5, 5.41) is 2.90. The van der Waals surface area contributed by atoms with Gasteiger partial charge in [-0.1, -0.05) is 18.2 Å². The average molecular weight is 289 g/mol. The van der Waals surface area contributed by atoms with E-state index in [4.69, 9.17) is 4.74 Å². The Bertz CT molecular complexity index is 446. The summed E-state index contributed by atoms with van der Waals surface area (Å²) in [6.07, 6.45) is -4.25. The van der Waals surface area contributed by atoms with Crippen LogP contribution in [0.25, 0.3) is 0 Å². The van der Waals surface area contributed by atoms with Crippen LogP contribution in [0.2, 0.25) is 0 Å². The maximum absolute atomic E-state index is 12.8. The van der Waals surface area contributed by atoms with E-state index in [1.807, 2.05) is 0 Å². The highest BCUT2D eigenvalue weighted by molar-refractivity contribution is 5.70. The van der Waals surface area contributed by atoms with Gasteiger partial charge >= 0.3 is 12.1 Å². The van der Waals surface area contributed by atoms with Crippen LogP contribution in [0.4, 0.5) is 13.2 Å². The quantitative estimate of drug-likeness (QED) is 0.818. The number of benzene rings is 1. The molecule has 1 aromatic carbocycles. The predicted molar refractivity (Wildman–Crippen MR) is 69.0 cm³/mol. The van der Waals surface area contributed by atoms with E-state index in [1.54, 1.807) is 19.9 Å². The van der Waals surface area contributed by atoms with Gasteiger partial charge in [-0.25, -0.2) is 0 Å². The van der Waals surface area contributed by atoms with Crippen molar-refractivity contribution in [3.8, 4) is 0 Å². The van der Waals surface area contributed by atoms with E-state index < -0.39 is 11.7 Å². The summed E-state index contributed by atoms with van der Waals surface area (Å²) in [5.41, 5.74) is -0.494. The zero-order chi connectivity index (χ0) is 15.2. The average Bonchev–Trinajstić information content (AvgIpc) is 2.36. The first-order valence-corrected chi connectivity index (χ1v) is 6.38. The lowest BCUT2D eigenvalue weighted by Crippen LogP contribution is -2.29. The Morgan fingerprint density at radius 2 is 2.00 bits per heavy atom. The van der Waals surface area contributed by atoms with Crippen molar-refractivity contribution in [1.29, 1.82) is 0 Å². The number of carbonyl (C=O) groups excluding carboxylic acids is 1. The zero-order valence-corrected chi connectivity index (χ0v) is 11.5. The normalized spacial score (nSPS) is 13.1. The topological polar surface area (TPSA) is 38.3 Å². The molecule has 0 aliphatic rings. The predicted octanol–water partition coefficient (Wildman–Crippen LogP) is 3.14. The zero-order valence-electron chi connectivity index (χ0n) is 11.5. The Morgan fingerprint density at radius 3 is 2.60 bits per heavy atom. The number of rotatable bonds is 6. The first-order valence-electron chi connectivity index (χ1n) is 6.38. The third-order valence-corrected chi connectivity index (χ3v) is 2.74. The summed E-state index contributed by atoms with van der Waals surface area (Å²) in [6.45, 7) is 3.78. The molecule has 0 bridgehead atoms. The Hall–Kier alpha value is -1.56. The van der Waals surface area contributed by atoms with Crippen LogP contribution in [0.1, 0.15) is 31.4 Å². The monoisotopic (exact) mass is 289 g/mol. The third-order valence-electron chi connectivity index (χ3n) is 2.74. The van der Waals surface area contributed by atoms with Crippen molar-refractivity contribution >= 4 is 5.97 Å². The van der Waals surface area contributed by atoms with Crippen LogP contribution in [-0.2, 0) is 22.3 Å². The molecule has 1 atom stereocenters. The first-order chi connectivity index (χ1) is 9.34. The second-order valence-electron chi connectivity index (χ2n) is 4.45. The first kappa shape index (κ1) is 16.5. The van der Waals surface area contributed by atoms with E-state index in [0.717, 1.165) is 6.07 Å². The fraction of sp³-hybridized carbons (Fsp3) is 0.500. The molecule has 1 unspecified atom stereocenters. The van der Waals surface area contributed by atoms with E-state index in [-0.39, 0.29) is 30.5 Å². The van der Waals surface area contributed by atoms with E-state index in [9.17, 15) is 18.0 Å². The van der Waals surface area contributed by atoms with Crippen molar-refractivity contribution < 1.29 is 22.7 Å². The molecular weight excluding hydrogens is 271 g/mol. The molecule has 0 fully saturated rings. The molecule has 0 spiro atoms. The van der Waals surface area contributed by atoms with Crippen LogP contribution in [0.5, 0.6) is 0 Å². The Kier molecular flexibility index (Phi) is 6.01. The maximum Gasteiger partial charge on any atom is 0.416 e. The molecule has 112 valence electrons. The molecule has 0 saturated heterocycles. The molecule has 0 aromatic heterocycles. The fourth-order valence-corrected chi connectivity index (χ4v) is 1.78. The Balaban J connectivity index is 2.60. The lowest BCUT2D eigenvalue weighted by molar-refractivity contribution is -0.143. The van der Waals surface area contributed by atoms with Crippen LogP contribution < -0.4 is 5.32 Å². The van der Waals surface area contributed by atoms with Gasteiger partial charge < -0.3 is 10.1 Å². The van der Waals surface area contributed by atoms with Gasteiger partial charge in [-0.3, -0.25) is 4.79 Å². The minimum atomic E-state index is -4.37. The molecule has 0 amide bonds. The number of carbonyl (C=O) groups is 1. The van der Waals surface area contributed by atoms with Crippen molar-refractivity contribution in [3.05, 3.63) is 35.4 Å². The Labute approximate surface area is 116 Å². The maximum atomic E-state index is 12.8. The van der Waals surface area contributed by atoms with Crippen LogP contribution >= 0.6 is 0 Å². The molecular formula is C14H18F3NO2. The van der Waals surface area contributed by atoms with Crippen molar-refractivity contribution in [1.82, 2.24) is 5.32 Å². The van der Waals surface area contributed by atoms with Gasteiger partial charge in [0, 0.05) is 12.6 Å². The number of ether oxygens (including phenoxy) is 1. The van der Waals surface area contributed by atoms with Gasteiger partial charge in [0.25, 0.3) is 0 Å². The largest absolute Gasteiger partial charge is 0.466 e. The second-order valence-corrected chi connectivity index (χ2v) is 4.45. The molecule has 3 nitrogen and oxygen atoms in total. The summed E-state index contributed by atoms with van der Waals surface area (Å²) in [5.74, 6) is -0.364. The third kappa shape index (κ3) is 5.21. The van der Waals surface area contributed by atoms with Gasteiger partial charge in [0.05, 0.1) is 18.6 Å².